The molecule has 0 atom stereocenters. The van der Waals surface area contributed by atoms with Crippen molar-refractivity contribution in [1.29, 1.82) is 0 Å². The van der Waals surface area contributed by atoms with E-state index in [0.29, 0.717) is 11.5 Å². The zero-order valence-corrected chi connectivity index (χ0v) is 20.0. The topological polar surface area (TPSA) is 73.2 Å². The van der Waals surface area contributed by atoms with Gasteiger partial charge < -0.3 is 25.0 Å². The van der Waals surface area contributed by atoms with Gasteiger partial charge in [-0.1, -0.05) is 12.1 Å². The number of ether oxygens (including phenoxy) is 1. The van der Waals surface area contributed by atoms with Crippen molar-refractivity contribution in [3.05, 3.63) is 94.5 Å². The summed E-state index contributed by atoms with van der Waals surface area (Å²) in [4.78, 5) is 2.03. The summed E-state index contributed by atoms with van der Waals surface area (Å²) in [5, 5.41) is 31.3. The summed E-state index contributed by atoms with van der Waals surface area (Å²) in [6, 6.07) is 20.3. The molecular weight excluding hydrogens is 426 g/mol. The van der Waals surface area contributed by atoms with Crippen molar-refractivity contribution in [1.82, 2.24) is 0 Å². The van der Waals surface area contributed by atoms with E-state index in [0.717, 1.165) is 44.9 Å². The molecule has 0 fully saturated rings. The first-order chi connectivity index (χ1) is 16.2. The number of para-hydroxylation sites is 1. The average molecular weight is 456 g/mol. The number of anilines is 3. The van der Waals surface area contributed by atoms with Gasteiger partial charge in [-0.2, -0.15) is 0 Å². The lowest BCUT2D eigenvalue weighted by Crippen LogP contribution is -2.13. The van der Waals surface area contributed by atoms with Crippen molar-refractivity contribution >= 4 is 17.1 Å². The Morgan fingerprint density at radius 2 is 1.15 bits per heavy atom. The Labute approximate surface area is 200 Å². The summed E-state index contributed by atoms with van der Waals surface area (Å²) in [5.41, 5.74) is 6.61. The van der Waals surface area contributed by atoms with Crippen LogP contribution in [0.5, 0.6) is 28.7 Å². The number of aryl methyl sites for hydroxylation is 3. The first-order valence-electron chi connectivity index (χ1n) is 11.1. The molecule has 4 aromatic rings. The highest BCUT2D eigenvalue weighted by molar-refractivity contribution is 5.83. The van der Waals surface area contributed by atoms with Gasteiger partial charge in [0.05, 0.1) is 11.4 Å². The first-order valence-corrected chi connectivity index (χ1v) is 11.1. The van der Waals surface area contributed by atoms with Gasteiger partial charge >= 0.3 is 0 Å². The maximum atomic E-state index is 10.5. The van der Waals surface area contributed by atoms with Gasteiger partial charge in [0.1, 0.15) is 17.2 Å². The Morgan fingerprint density at radius 3 is 1.65 bits per heavy atom. The van der Waals surface area contributed by atoms with Gasteiger partial charge in [0.25, 0.3) is 0 Å². The molecular formula is C29H29NO4. The van der Waals surface area contributed by atoms with E-state index in [1.165, 1.54) is 0 Å². The Bertz CT molecular complexity index is 1280. The second kappa shape index (κ2) is 9.02. The van der Waals surface area contributed by atoms with Crippen LogP contribution in [0, 0.1) is 34.6 Å². The fourth-order valence-corrected chi connectivity index (χ4v) is 4.06. The Hall–Kier alpha value is -4.12. The molecule has 3 N–H and O–H groups in total. The summed E-state index contributed by atoms with van der Waals surface area (Å²) < 4.78 is 5.96. The van der Waals surface area contributed by atoms with Crippen LogP contribution >= 0.6 is 0 Å². The van der Waals surface area contributed by atoms with Gasteiger partial charge in [-0.3, -0.25) is 0 Å². The summed E-state index contributed by atoms with van der Waals surface area (Å²) in [6.07, 6.45) is 0. The van der Waals surface area contributed by atoms with E-state index in [1.54, 1.807) is 24.3 Å². The predicted octanol–water partition coefficient (Wildman–Crippen LogP) is 7.61. The summed E-state index contributed by atoms with van der Waals surface area (Å²) in [7, 11) is 0. The third-order valence-corrected chi connectivity index (χ3v) is 5.98. The van der Waals surface area contributed by atoms with Gasteiger partial charge in [-0.25, -0.2) is 0 Å². The van der Waals surface area contributed by atoms with Crippen LogP contribution in [-0.4, -0.2) is 15.3 Å². The normalized spacial score (nSPS) is 10.9. The third-order valence-electron chi connectivity index (χ3n) is 5.98. The number of hydrogen-bond donors (Lipinski definition) is 3. The molecule has 0 aliphatic carbocycles. The monoisotopic (exact) mass is 455 g/mol. The Morgan fingerprint density at radius 1 is 0.618 bits per heavy atom. The zero-order valence-electron chi connectivity index (χ0n) is 20.0. The van der Waals surface area contributed by atoms with Crippen LogP contribution in [0.2, 0.25) is 0 Å². The lowest BCUT2D eigenvalue weighted by atomic mass is 10.0. The lowest BCUT2D eigenvalue weighted by molar-refractivity contribution is 0.409. The number of hydrogen-bond acceptors (Lipinski definition) is 5. The van der Waals surface area contributed by atoms with Crippen molar-refractivity contribution in [3.63, 3.8) is 0 Å². The molecule has 0 aliphatic heterocycles. The Kier molecular flexibility index (Phi) is 6.12. The number of phenolic OH excluding ortho intramolecular Hbond substituents is 3. The molecule has 0 amide bonds. The highest BCUT2D eigenvalue weighted by Gasteiger charge is 2.21. The lowest BCUT2D eigenvalue weighted by Gasteiger charge is -2.30. The molecule has 34 heavy (non-hydrogen) atoms. The highest BCUT2D eigenvalue weighted by Crippen LogP contribution is 2.44. The van der Waals surface area contributed by atoms with Crippen LogP contribution in [0.15, 0.2) is 66.7 Å². The van der Waals surface area contributed by atoms with E-state index in [1.807, 2.05) is 82.0 Å². The number of aromatic hydroxyl groups is 3. The zero-order chi connectivity index (χ0) is 24.6. The molecule has 0 spiro atoms. The second-order valence-electron chi connectivity index (χ2n) is 8.71. The van der Waals surface area contributed by atoms with Crippen LogP contribution < -0.4 is 9.64 Å². The van der Waals surface area contributed by atoms with E-state index in [4.69, 9.17) is 4.74 Å². The molecule has 0 bridgehead atoms. The van der Waals surface area contributed by atoms with Gasteiger partial charge in [0.2, 0.25) is 0 Å². The first kappa shape index (κ1) is 23.1. The fraction of sp³-hybridized carbons (Fsp3) is 0.172. The standard InChI is InChI=1S/C29H29NO4/c1-17-13-24(20(4)27(32)15-17)30(25-14-18(2)16-28(33)21(25)5)22-9-11-23(12-10-22)34-29-19(3)7-6-8-26(29)31/h6-16,31-33H,1-5H3. The molecule has 0 saturated carbocycles. The number of benzene rings is 4. The fourth-order valence-electron chi connectivity index (χ4n) is 4.06. The average Bonchev–Trinajstić information content (AvgIpc) is 2.78. The quantitative estimate of drug-likeness (QED) is 0.289. The largest absolute Gasteiger partial charge is 0.508 e. The van der Waals surface area contributed by atoms with Crippen LogP contribution in [0.3, 0.4) is 0 Å². The van der Waals surface area contributed by atoms with Crippen molar-refractivity contribution in [2.75, 3.05) is 4.90 Å². The molecule has 174 valence electrons. The SMILES string of the molecule is Cc1cc(O)c(C)c(N(c2ccc(Oc3c(C)cccc3O)cc2)c2cc(C)cc(O)c2C)c1. The minimum atomic E-state index is 0.0856. The van der Waals surface area contributed by atoms with E-state index in [-0.39, 0.29) is 17.2 Å². The Balaban J connectivity index is 1.84. The molecule has 0 radical (unpaired) electrons. The molecule has 0 aromatic heterocycles. The number of rotatable bonds is 5. The van der Waals surface area contributed by atoms with Gasteiger partial charge in [0, 0.05) is 16.8 Å². The predicted molar refractivity (Wildman–Crippen MR) is 136 cm³/mol. The van der Waals surface area contributed by atoms with Crippen molar-refractivity contribution < 1.29 is 20.1 Å². The van der Waals surface area contributed by atoms with Crippen LogP contribution in [0.1, 0.15) is 27.8 Å². The van der Waals surface area contributed by atoms with Crippen LogP contribution in [0.4, 0.5) is 17.1 Å². The molecule has 0 heterocycles. The molecule has 4 aromatic carbocycles. The van der Waals surface area contributed by atoms with E-state index >= 15 is 0 Å². The van der Waals surface area contributed by atoms with Crippen LogP contribution in [0.25, 0.3) is 0 Å². The molecule has 5 nitrogen and oxygen atoms in total. The van der Waals surface area contributed by atoms with Gasteiger partial charge in [0.15, 0.2) is 11.5 Å². The van der Waals surface area contributed by atoms with E-state index in [9.17, 15) is 15.3 Å². The van der Waals surface area contributed by atoms with Gasteiger partial charge in [-0.15, -0.1) is 0 Å². The maximum absolute atomic E-state index is 10.5. The van der Waals surface area contributed by atoms with E-state index < -0.39 is 0 Å². The van der Waals surface area contributed by atoms with E-state index in [2.05, 4.69) is 0 Å². The highest BCUT2D eigenvalue weighted by atomic mass is 16.5. The minimum Gasteiger partial charge on any atom is -0.508 e. The maximum Gasteiger partial charge on any atom is 0.171 e. The molecule has 0 unspecified atom stereocenters. The summed E-state index contributed by atoms with van der Waals surface area (Å²) >= 11 is 0. The van der Waals surface area contributed by atoms with Crippen molar-refractivity contribution in [3.8, 4) is 28.7 Å². The summed E-state index contributed by atoms with van der Waals surface area (Å²) in [6.45, 7) is 9.51. The van der Waals surface area contributed by atoms with Crippen LogP contribution in [-0.2, 0) is 0 Å². The second-order valence-corrected chi connectivity index (χ2v) is 8.71. The number of nitrogens with zero attached hydrogens (tertiary/aromatic N) is 1. The minimum absolute atomic E-state index is 0.0856. The smallest absolute Gasteiger partial charge is 0.171 e. The molecule has 0 aliphatic rings. The van der Waals surface area contributed by atoms with Gasteiger partial charge in [-0.05, 0) is 106 Å². The third kappa shape index (κ3) is 4.37. The molecule has 5 heteroatoms. The summed E-state index contributed by atoms with van der Waals surface area (Å²) in [5.74, 6) is 1.52. The number of phenols is 3. The van der Waals surface area contributed by atoms with Crippen molar-refractivity contribution in [2.24, 2.45) is 0 Å². The van der Waals surface area contributed by atoms with Crippen molar-refractivity contribution in [2.45, 2.75) is 34.6 Å². The molecule has 4 rings (SSSR count). The molecule has 0 saturated heterocycles.